The molecule has 10 nitrogen and oxygen atoms in total. The van der Waals surface area contributed by atoms with Crippen LogP contribution >= 0.6 is 0 Å². The zero-order valence-electron chi connectivity index (χ0n) is 15.4. The minimum absolute atomic E-state index is 0.128. The molecule has 0 aliphatic carbocycles. The first-order valence-electron chi connectivity index (χ1n) is 8.37. The van der Waals surface area contributed by atoms with Crippen molar-refractivity contribution in [2.24, 2.45) is 0 Å². The van der Waals surface area contributed by atoms with E-state index in [1.165, 1.54) is 6.07 Å². The van der Waals surface area contributed by atoms with E-state index in [0.29, 0.717) is 0 Å². The molecule has 0 saturated heterocycles. The molecule has 0 saturated carbocycles. The first-order valence-corrected chi connectivity index (χ1v) is 8.37. The third kappa shape index (κ3) is 5.76. The Morgan fingerprint density at radius 2 is 1.15 bits per heavy atom. The van der Waals surface area contributed by atoms with Crippen molar-refractivity contribution < 1.29 is 29.4 Å². The summed E-state index contributed by atoms with van der Waals surface area (Å²) in [6.07, 6.45) is -1.95. The van der Waals surface area contributed by atoms with E-state index in [-0.39, 0.29) is 54.2 Å². The van der Waals surface area contributed by atoms with Gasteiger partial charge in [-0.3, -0.25) is 10.4 Å². The lowest BCUT2D eigenvalue weighted by Gasteiger charge is -2.41. The van der Waals surface area contributed by atoms with Gasteiger partial charge >= 0.3 is 0 Å². The van der Waals surface area contributed by atoms with Crippen LogP contribution in [0.15, 0.2) is 12.1 Å². The molecule has 1 rings (SSSR count). The fraction of sp³-hybridized carbons (Fsp3) is 0.625. The van der Waals surface area contributed by atoms with Gasteiger partial charge in [-0.1, -0.05) is 0 Å². The molecule has 0 aliphatic rings. The van der Waals surface area contributed by atoms with Gasteiger partial charge in [-0.25, -0.2) is 0 Å². The molecule has 0 unspecified atom stereocenters. The number of hydrogen-bond acceptors (Lipinski definition) is 10. The molecule has 2 N–H and O–H groups in total. The molecule has 0 aromatic heterocycles. The molecule has 0 aliphatic heterocycles. The maximum atomic E-state index is 11.5. The highest BCUT2D eigenvalue weighted by atomic mass is 16.8. The predicted molar refractivity (Wildman–Crippen MR) is 93.7 cm³/mol. The lowest BCUT2D eigenvalue weighted by Crippen LogP contribution is -2.21. The van der Waals surface area contributed by atoms with Gasteiger partial charge in [-0.05, 0) is 39.8 Å². The molecule has 0 atom stereocenters. The largest absolute Gasteiger partial charge is 0.769 e. The minimum atomic E-state index is -0.993. The van der Waals surface area contributed by atoms with Gasteiger partial charge < -0.3 is 34.6 Å². The Labute approximate surface area is 152 Å². The minimum Gasteiger partial charge on any atom is -0.769 e. The Balaban J connectivity index is 3.57. The summed E-state index contributed by atoms with van der Waals surface area (Å²) in [6.45, 7) is 8.07. The number of benzene rings is 1. The topological polar surface area (TPSA) is 130 Å². The number of ether oxygens (including phenoxy) is 4. The van der Waals surface area contributed by atoms with Crippen LogP contribution in [0, 0.1) is 10.4 Å². The summed E-state index contributed by atoms with van der Waals surface area (Å²) in [5.41, 5.74) is -0.290. The maximum absolute atomic E-state index is 11.5. The number of hydrogen-bond donors (Lipinski definition) is 2. The van der Waals surface area contributed by atoms with Crippen molar-refractivity contribution in [3.8, 4) is 0 Å². The van der Waals surface area contributed by atoms with Crippen molar-refractivity contribution >= 4 is 11.4 Å². The molecule has 0 amide bonds. The molecule has 0 fully saturated rings. The zero-order valence-corrected chi connectivity index (χ0v) is 15.4. The predicted octanol–water partition coefficient (Wildman–Crippen LogP) is 3.22. The highest BCUT2D eigenvalue weighted by Crippen LogP contribution is 2.38. The Morgan fingerprint density at radius 3 is 1.46 bits per heavy atom. The Bertz CT molecular complexity index is 486. The van der Waals surface area contributed by atoms with Gasteiger partial charge in [0.25, 0.3) is 0 Å². The van der Waals surface area contributed by atoms with Crippen molar-refractivity contribution in [3.05, 3.63) is 33.7 Å². The zero-order chi connectivity index (χ0) is 19.7. The Hall–Kier alpha value is -1.50. The van der Waals surface area contributed by atoms with Gasteiger partial charge in [-0.2, -0.15) is 0 Å². The fourth-order valence-electron chi connectivity index (χ4n) is 2.38. The summed E-state index contributed by atoms with van der Waals surface area (Å²) < 4.78 is 21.9. The van der Waals surface area contributed by atoms with Gasteiger partial charge in [-0.15, -0.1) is 5.23 Å². The summed E-state index contributed by atoms with van der Waals surface area (Å²) in [5.74, 6) is 0. The average Bonchev–Trinajstić information content (AvgIpc) is 2.60. The smallest absolute Gasteiger partial charge is 0.185 e. The summed E-state index contributed by atoms with van der Waals surface area (Å²) in [6, 6.07) is 2.39. The summed E-state index contributed by atoms with van der Waals surface area (Å²) in [7, 11) is 0. The van der Waals surface area contributed by atoms with Crippen LogP contribution in [0.5, 0.6) is 0 Å². The third-order valence-electron chi connectivity index (χ3n) is 3.37. The summed E-state index contributed by atoms with van der Waals surface area (Å²) in [4.78, 5) is 0. The van der Waals surface area contributed by atoms with Crippen LogP contribution in [-0.2, 0) is 18.9 Å². The number of anilines is 2. The first-order chi connectivity index (χ1) is 12.4. The van der Waals surface area contributed by atoms with Gasteiger partial charge in [0.1, 0.15) is 5.69 Å². The molecule has 0 heterocycles. The van der Waals surface area contributed by atoms with Gasteiger partial charge in [0.2, 0.25) is 0 Å². The lowest BCUT2D eigenvalue weighted by molar-refractivity contribution is -0.144. The third-order valence-corrected chi connectivity index (χ3v) is 3.37. The molecule has 150 valence electrons. The van der Waals surface area contributed by atoms with Crippen molar-refractivity contribution in [1.82, 2.24) is 0 Å². The molecule has 10 heteroatoms. The molecule has 1 aromatic rings. The van der Waals surface area contributed by atoms with E-state index in [4.69, 9.17) is 18.9 Å². The molecular weight excluding hydrogens is 348 g/mol. The maximum Gasteiger partial charge on any atom is 0.185 e. The highest BCUT2D eigenvalue weighted by molar-refractivity contribution is 5.67. The number of rotatable bonds is 12. The second kappa shape index (κ2) is 11.3. The molecular formula is C16H26N2O8-2. The second-order valence-corrected chi connectivity index (χ2v) is 5.00. The van der Waals surface area contributed by atoms with E-state index >= 15 is 0 Å². The fourth-order valence-corrected chi connectivity index (χ4v) is 2.38. The van der Waals surface area contributed by atoms with Gasteiger partial charge in [0, 0.05) is 43.2 Å². The monoisotopic (exact) mass is 374 g/mol. The van der Waals surface area contributed by atoms with Crippen LogP contribution in [0.25, 0.3) is 0 Å². The molecule has 0 radical (unpaired) electrons. The first kappa shape index (κ1) is 22.5. The van der Waals surface area contributed by atoms with Crippen LogP contribution in [0.3, 0.4) is 0 Å². The molecule has 0 spiro atoms. The molecule has 0 bridgehead atoms. The van der Waals surface area contributed by atoms with E-state index in [1.807, 2.05) is 0 Å². The Morgan fingerprint density at radius 1 is 0.769 bits per heavy atom. The van der Waals surface area contributed by atoms with E-state index in [0.717, 1.165) is 6.07 Å². The average molecular weight is 374 g/mol. The lowest BCUT2D eigenvalue weighted by atomic mass is 10.0. The second-order valence-electron chi connectivity index (χ2n) is 5.00. The quantitative estimate of drug-likeness (QED) is 0.415. The molecule has 26 heavy (non-hydrogen) atoms. The van der Waals surface area contributed by atoms with Crippen LogP contribution in [0.2, 0.25) is 0 Å². The van der Waals surface area contributed by atoms with E-state index in [2.05, 4.69) is 0 Å². The van der Waals surface area contributed by atoms with Crippen molar-refractivity contribution in [2.45, 2.75) is 40.3 Å². The standard InChI is InChI=1S/C16H26N2O8/c1-5-23-15(24-6-2)11-9-12(16(25-7-3)26-8-4)14(18(21)22)10-13(11)17(19)20/h9-10,15-16,19-20H,5-8H2,1-4H3/q-2. The van der Waals surface area contributed by atoms with Gasteiger partial charge in [0.05, 0.1) is 0 Å². The van der Waals surface area contributed by atoms with E-state index < -0.39 is 17.8 Å². The Kier molecular flexibility index (Phi) is 9.76. The van der Waals surface area contributed by atoms with Crippen molar-refractivity contribution in [2.75, 3.05) is 36.9 Å². The van der Waals surface area contributed by atoms with E-state index in [1.54, 1.807) is 27.7 Å². The number of nitrogens with zero attached hydrogens (tertiary/aromatic N) is 2. The van der Waals surface area contributed by atoms with Crippen LogP contribution in [0.1, 0.15) is 51.4 Å². The van der Waals surface area contributed by atoms with Crippen LogP contribution in [-0.4, -0.2) is 36.8 Å². The molecule has 1 aromatic carbocycles. The highest BCUT2D eigenvalue weighted by Gasteiger charge is 2.25. The summed E-state index contributed by atoms with van der Waals surface area (Å²) >= 11 is 0. The van der Waals surface area contributed by atoms with Crippen LogP contribution in [0.4, 0.5) is 11.4 Å². The van der Waals surface area contributed by atoms with Crippen molar-refractivity contribution in [3.63, 3.8) is 0 Å². The van der Waals surface area contributed by atoms with E-state index in [9.17, 15) is 20.8 Å². The van der Waals surface area contributed by atoms with Crippen molar-refractivity contribution in [1.29, 1.82) is 0 Å². The normalized spacial score (nSPS) is 11.5. The summed E-state index contributed by atoms with van der Waals surface area (Å²) in [5, 5.41) is 41.2. The van der Waals surface area contributed by atoms with Gasteiger partial charge in [0.15, 0.2) is 12.6 Å². The SMILES string of the molecule is CCOC(OCC)c1cc(C(OCC)OCC)c(N(O)O)cc1N([O-])[O-]. The van der Waals surface area contributed by atoms with Crippen LogP contribution < -0.4 is 10.5 Å².